The Balaban J connectivity index is 1.94. The molecule has 0 saturated heterocycles. The second kappa shape index (κ2) is 6.25. The predicted octanol–water partition coefficient (Wildman–Crippen LogP) is 4.39. The third kappa shape index (κ3) is 3.07. The fourth-order valence-electron chi connectivity index (χ4n) is 2.64. The maximum Gasteiger partial charge on any atom is 0.0589 e. The first-order valence-electron chi connectivity index (χ1n) is 7.03. The summed E-state index contributed by atoms with van der Waals surface area (Å²) in [6.07, 6.45) is 2.59. The van der Waals surface area contributed by atoms with Crippen LogP contribution in [0.25, 0.3) is 10.8 Å². The van der Waals surface area contributed by atoms with Crippen molar-refractivity contribution >= 4 is 22.4 Å². The lowest BCUT2D eigenvalue weighted by atomic mass is 9.97. The molecule has 0 fully saturated rings. The Morgan fingerprint density at radius 2 is 1.86 bits per heavy atom. The third-order valence-corrected chi connectivity index (χ3v) is 3.98. The van der Waals surface area contributed by atoms with Crippen molar-refractivity contribution in [2.45, 2.75) is 12.5 Å². The molecular weight excluding hydrogens is 280 g/mol. The molecule has 2 nitrogen and oxygen atoms in total. The number of likely N-dealkylation sites (N-methyl/N-ethyl adjacent to an activating group) is 1. The molecule has 0 aliphatic heterocycles. The molecule has 2 aromatic carbocycles. The second-order valence-electron chi connectivity index (χ2n) is 5.08. The molecular formula is C18H17ClN2. The van der Waals surface area contributed by atoms with E-state index < -0.39 is 0 Å². The lowest BCUT2D eigenvalue weighted by Gasteiger charge is -2.17. The molecule has 1 N–H and O–H groups in total. The van der Waals surface area contributed by atoms with E-state index in [0.717, 1.165) is 12.1 Å². The summed E-state index contributed by atoms with van der Waals surface area (Å²) in [5.74, 6) is 0. The molecule has 21 heavy (non-hydrogen) atoms. The van der Waals surface area contributed by atoms with Crippen LogP contribution in [0.3, 0.4) is 0 Å². The highest BCUT2D eigenvalue weighted by molar-refractivity contribution is 6.30. The first-order valence-corrected chi connectivity index (χ1v) is 7.41. The van der Waals surface area contributed by atoms with Gasteiger partial charge in [0.2, 0.25) is 0 Å². The predicted molar refractivity (Wildman–Crippen MR) is 88.7 cm³/mol. The van der Waals surface area contributed by atoms with Crippen molar-refractivity contribution in [2.24, 2.45) is 0 Å². The van der Waals surface area contributed by atoms with Gasteiger partial charge in [-0.1, -0.05) is 54.1 Å². The molecule has 1 unspecified atom stereocenters. The maximum atomic E-state index is 5.91. The number of halogens is 1. The average molecular weight is 297 g/mol. The fourth-order valence-corrected chi connectivity index (χ4v) is 2.75. The average Bonchev–Trinajstić information content (AvgIpc) is 2.54. The molecule has 0 aliphatic carbocycles. The van der Waals surface area contributed by atoms with E-state index in [0.29, 0.717) is 5.02 Å². The van der Waals surface area contributed by atoms with Gasteiger partial charge in [-0.2, -0.15) is 0 Å². The number of aromatic nitrogens is 1. The summed E-state index contributed by atoms with van der Waals surface area (Å²) in [5, 5.41) is 6.58. The number of hydrogen-bond donors (Lipinski definition) is 1. The topological polar surface area (TPSA) is 24.9 Å². The molecule has 1 atom stereocenters. The Bertz CT molecular complexity index is 732. The molecule has 0 amide bonds. The van der Waals surface area contributed by atoms with Gasteiger partial charge < -0.3 is 5.32 Å². The molecule has 3 rings (SSSR count). The normalized spacial score (nSPS) is 12.5. The lowest BCUT2D eigenvalue weighted by Crippen LogP contribution is -2.20. The Kier molecular flexibility index (Phi) is 4.18. The second-order valence-corrected chi connectivity index (χ2v) is 5.52. The SMILES string of the molecule is CNC(Cc1cccc2ccccc12)c1ccc(Cl)cn1. The summed E-state index contributed by atoms with van der Waals surface area (Å²) in [6.45, 7) is 0. The number of rotatable bonds is 4. The Labute approximate surface area is 129 Å². The van der Waals surface area contributed by atoms with Crippen molar-refractivity contribution in [3.63, 3.8) is 0 Å². The molecule has 3 aromatic rings. The molecule has 106 valence electrons. The van der Waals surface area contributed by atoms with E-state index >= 15 is 0 Å². The van der Waals surface area contributed by atoms with Crippen LogP contribution in [0, 0.1) is 0 Å². The van der Waals surface area contributed by atoms with Gasteiger partial charge in [-0.05, 0) is 41.9 Å². The van der Waals surface area contributed by atoms with Crippen LogP contribution < -0.4 is 5.32 Å². The zero-order chi connectivity index (χ0) is 14.7. The molecule has 0 saturated carbocycles. The van der Waals surface area contributed by atoms with Crippen LogP contribution in [0.2, 0.25) is 5.02 Å². The lowest BCUT2D eigenvalue weighted by molar-refractivity contribution is 0.578. The van der Waals surface area contributed by atoms with E-state index in [1.165, 1.54) is 16.3 Å². The van der Waals surface area contributed by atoms with Gasteiger partial charge in [0.15, 0.2) is 0 Å². The summed E-state index contributed by atoms with van der Waals surface area (Å²) in [5.41, 5.74) is 2.33. The summed E-state index contributed by atoms with van der Waals surface area (Å²) in [6, 6.07) is 19.0. The number of fused-ring (bicyclic) bond motifs is 1. The van der Waals surface area contributed by atoms with Gasteiger partial charge in [0, 0.05) is 6.20 Å². The van der Waals surface area contributed by atoms with E-state index in [1.807, 2.05) is 19.2 Å². The number of nitrogens with zero attached hydrogens (tertiary/aromatic N) is 1. The van der Waals surface area contributed by atoms with E-state index in [2.05, 4.69) is 52.8 Å². The summed E-state index contributed by atoms with van der Waals surface area (Å²) in [4.78, 5) is 4.43. The van der Waals surface area contributed by atoms with Crippen molar-refractivity contribution in [1.29, 1.82) is 0 Å². The molecule has 1 aromatic heterocycles. The van der Waals surface area contributed by atoms with Gasteiger partial charge in [-0.3, -0.25) is 4.98 Å². The molecule has 1 heterocycles. The van der Waals surface area contributed by atoms with Gasteiger partial charge >= 0.3 is 0 Å². The monoisotopic (exact) mass is 296 g/mol. The quantitative estimate of drug-likeness (QED) is 0.772. The first kappa shape index (κ1) is 14.1. The number of pyridine rings is 1. The highest BCUT2D eigenvalue weighted by Gasteiger charge is 2.13. The van der Waals surface area contributed by atoms with E-state index in [4.69, 9.17) is 11.6 Å². The standard InChI is InChI=1S/C18H17ClN2/c1-20-18(17-10-9-15(19)12-21-17)11-14-7-4-6-13-5-2-3-8-16(13)14/h2-10,12,18,20H,11H2,1H3. The molecule has 0 spiro atoms. The first-order chi connectivity index (χ1) is 10.3. The zero-order valence-corrected chi connectivity index (χ0v) is 12.6. The van der Waals surface area contributed by atoms with Crippen LogP contribution in [-0.2, 0) is 6.42 Å². The van der Waals surface area contributed by atoms with Crippen molar-refractivity contribution < 1.29 is 0 Å². The summed E-state index contributed by atoms with van der Waals surface area (Å²) in [7, 11) is 1.96. The van der Waals surface area contributed by atoms with Gasteiger partial charge in [-0.25, -0.2) is 0 Å². The van der Waals surface area contributed by atoms with Crippen molar-refractivity contribution in [3.05, 3.63) is 77.1 Å². The molecule has 0 bridgehead atoms. The van der Waals surface area contributed by atoms with Gasteiger partial charge in [0.05, 0.1) is 16.8 Å². The molecule has 0 radical (unpaired) electrons. The minimum atomic E-state index is 0.174. The number of hydrogen-bond acceptors (Lipinski definition) is 2. The van der Waals surface area contributed by atoms with Gasteiger partial charge in [0.1, 0.15) is 0 Å². The van der Waals surface area contributed by atoms with E-state index in [-0.39, 0.29) is 6.04 Å². The zero-order valence-electron chi connectivity index (χ0n) is 11.9. The summed E-state index contributed by atoms with van der Waals surface area (Å²) >= 11 is 5.91. The van der Waals surface area contributed by atoms with Crippen LogP contribution in [0.1, 0.15) is 17.3 Å². The minimum absolute atomic E-state index is 0.174. The number of benzene rings is 2. The fraction of sp³-hybridized carbons (Fsp3) is 0.167. The highest BCUT2D eigenvalue weighted by Crippen LogP contribution is 2.24. The molecule has 0 aliphatic rings. The number of nitrogens with one attached hydrogen (secondary N) is 1. The van der Waals surface area contributed by atoms with E-state index in [1.54, 1.807) is 6.20 Å². The molecule has 3 heteroatoms. The van der Waals surface area contributed by atoms with Gasteiger partial charge in [-0.15, -0.1) is 0 Å². The van der Waals surface area contributed by atoms with E-state index in [9.17, 15) is 0 Å². The Morgan fingerprint density at radius 3 is 2.62 bits per heavy atom. The van der Waals surface area contributed by atoms with Crippen LogP contribution >= 0.6 is 11.6 Å². The van der Waals surface area contributed by atoms with Crippen molar-refractivity contribution in [2.75, 3.05) is 7.05 Å². The third-order valence-electron chi connectivity index (χ3n) is 3.76. The van der Waals surface area contributed by atoms with Crippen molar-refractivity contribution in [3.8, 4) is 0 Å². The van der Waals surface area contributed by atoms with Crippen LogP contribution in [0.4, 0.5) is 0 Å². The largest absolute Gasteiger partial charge is 0.311 e. The minimum Gasteiger partial charge on any atom is -0.311 e. The van der Waals surface area contributed by atoms with Crippen LogP contribution in [0.15, 0.2) is 60.8 Å². The maximum absolute atomic E-state index is 5.91. The smallest absolute Gasteiger partial charge is 0.0589 e. The summed E-state index contributed by atoms with van der Waals surface area (Å²) < 4.78 is 0. The Hall–Kier alpha value is -1.90. The Morgan fingerprint density at radius 1 is 1.05 bits per heavy atom. The van der Waals surface area contributed by atoms with Gasteiger partial charge in [0.25, 0.3) is 0 Å². The van der Waals surface area contributed by atoms with Crippen molar-refractivity contribution in [1.82, 2.24) is 10.3 Å². The highest BCUT2D eigenvalue weighted by atomic mass is 35.5. The van der Waals surface area contributed by atoms with Crippen LogP contribution in [-0.4, -0.2) is 12.0 Å². The van der Waals surface area contributed by atoms with Crippen LogP contribution in [0.5, 0.6) is 0 Å².